The van der Waals surface area contributed by atoms with E-state index in [4.69, 9.17) is 11.6 Å². The molecule has 0 saturated carbocycles. The molecule has 4 rings (SSSR count). The van der Waals surface area contributed by atoms with Gasteiger partial charge in [0.05, 0.1) is 5.69 Å². The molecule has 0 radical (unpaired) electrons. The highest BCUT2D eigenvalue weighted by Crippen LogP contribution is 2.22. The molecule has 2 N–H and O–H groups in total. The van der Waals surface area contributed by atoms with E-state index in [9.17, 15) is 9.59 Å². The van der Waals surface area contributed by atoms with E-state index in [0.29, 0.717) is 29.5 Å². The third kappa shape index (κ3) is 4.60. The smallest absolute Gasteiger partial charge is 0.313 e. The summed E-state index contributed by atoms with van der Waals surface area (Å²) in [5.41, 5.74) is 4.40. The van der Waals surface area contributed by atoms with Crippen LogP contribution < -0.4 is 10.6 Å². The van der Waals surface area contributed by atoms with Crippen LogP contribution in [0.4, 0.5) is 5.69 Å². The lowest BCUT2D eigenvalue weighted by atomic mass is 10.1. The minimum Gasteiger partial charge on any atom is -0.347 e. The molecule has 2 heterocycles. The van der Waals surface area contributed by atoms with E-state index in [1.165, 1.54) is 11.3 Å². The number of anilines is 1. The standard InChI is InChI=1S/C22H20ClN5O2S/c1-13-4-3-5-18(14(13)2)25-21(30)20(29)24-11-10-17-12-31-22-26-19(27-28(17)22)15-6-8-16(23)9-7-15/h3-9,12H,10-11H2,1-2H3,(H,24,29)(H,25,30). The van der Waals surface area contributed by atoms with Gasteiger partial charge in [-0.1, -0.05) is 23.7 Å². The fourth-order valence-electron chi connectivity index (χ4n) is 3.07. The SMILES string of the molecule is Cc1cccc(NC(=O)C(=O)NCCc2csc3nc(-c4ccc(Cl)cc4)nn23)c1C. The lowest BCUT2D eigenvalue weighted by Gasteiger charge is -2.10. The first-order valence-electron chi connectivity index (χ1n) is 9.67. The lowest BCUT2D eigenvalue weighted by Crippen LogP contribution is -2.36. The second-order valence-corrected chi connectivity index (χ2v) is 8.34. The summed E-state index contributed by atoms with van der Waals surface area (Å²) in [5, 5.41) is 12.5. The Morgan fingerprint density at radius 1 is 1.10 bits per heavy atom. The van der Waals surface area contributed by atoms with Gasteiger partial charge in [-0.05, 0) is 55.3 Å². The van der Waals surface area contributed by atoms with Crippen LogP contribution in [0.5, 0.6) is 0 Å². The fourth-order valence-corrected chi connectivity index (χ4v) is 4.05. The topological polar surface area (TPSA) is 88.4 Å². The van der Waals surface area contributed by atoms with Crippen molar-refractivity contribution in [3.05, 3.63) is 69.7 Å². The number of nitrogens with one attached hydrogen (secondary N) is 2. The summed E-state index contributed by atoms with van der Waals surface area (Å²) in [7, 11) is 0. The number of thiazole rings is 1. The summed E-state index contributed by atoms with van der Waals surface area (Å²) in [6.45, 7) is 4.16. The number of aromatic nitrogens is 3. The Morgan fingerprint density at radius 2 is 1.87 bits per heavy atom. The summed E-state index contributed by atoms with van der Waals surface area (Å²) < 4.78 is 1.76. The van der Waals surface area contributed by atoms with Crippen LogP contribution in [0.15, 0.2) is 47.8 Å². The molecule has 0 bridgehead atoms. The second-order valence-electron chi connectivity index (χ2n) is 7.07. The number of rotatable bonds is 5. The van der Waals surface area contributed by atoms with Gasteiger partial charge >= 0.3 is 11.8 Å². The van der Waals surface area contributed by atoms with E-state index < -0.39 is 11.8 Å². The van der Waals surface area contributed by atoms with Crippen molar-refractivity contribution >= 4 is 45.4 Å². The molecule has 2 amide bonds. The molecule has 158 valence electrons. The second kappa shape index (κ2) is 8.87. The zero-order chi connectivity index (χ0) is 22.0. The number of hydrogen-bond donors (Lipinski definition) is 2. The lowest BCUT2D eigenvalue weighted by molar-refractivity contribution is -0.136. The molecule has 0 atom stereocenters. The first-order chi connectivity index (χ1) is 14.9. The Balaban J connectivity index is 1.37. The molecule has 0 aliphatic carbocycles. The van der Waals surface area contributed by atoms with Crippen molar-refractivity contribution in [3.63, 3.8) is 0 Å². The van der Waals surface area contributed by atoms with E-state index in [2.05, 4.69) is 20.7 Å². The Morgan fingerprint density at radius 3 is 2.65 bits per heavy atom. The van der Waals surface area contributed by atoms with Crippen molar-refractivity contribution in [2.75, 3.05) is 11.9 Å². The first-order valence-corrected chi connectivity index (χ1v) is 10.9. The Kier molecular flexibility index (Phi) is 6.01. The van der Waals surface area contributed by atoms with Crippen molar-refractivity contribution in [2.45, 2.75) is 20.3 Å². The summed E-state index contributed by atoms with van der Waals surface area (Å²) in [4.78, 5) is 29.7. The highest BCUT2D eigenvalue weighted by atomic mass is 35.5. The number of aryl methyl sites for hydroxylation is 1. The number of halogens is 1. The zero-order valence-electron chi connectivity index (χ0n) is 17.0. The molecule has 0 spiro atoms. The molecule has 7 nitrogen and oxygen atoms in total. The first kappa shape index (κ1) is 21.0. The minimum absolute atomic E-state index is 0.307. The molecule has 0 aliphatic heterocycles. The molecule has 0 fully saturated rings. The van der Waals surface area contributed by atoms with Crippen molar-refractivity contribution < 1.29 is 9.59 Å². The van der Waals surface area contributed by atoms with Gasteiger partial charge in [-0.3, -0.25) is 9.59 Å². The number of carbonyl (C=O) groups is 2. The molecule has 0 aliphatic rings. The Hall–Kier alpha value is -3.23. The molecular formula is C22H20ClN5O2S. The number of fused-ring (bicyclic) bond motifs is 1. The van der Waals surface area contributed by atoms with E-state index in [1.54, 1.807) is 22.7 Å². The van der Waals surface area contributed by atoms with Gasteiger partial charge in [0.25, 0.3) is 0 Å². The summed E-state index contributed by atoms with van der Waals surface area (Å²) in [6.07, 6.45) is 0.520. The third-order valence-corrected chi connectivity index (χ3v) is 6.10. The van der Waals surface area contributed by atoms with E-state index in [1.807, 2.05) is 43.5 Å². The van der Waals surface area contributed by atoms with Gasteiger partial charge in [0.2, 0.25) is 4.96 Å². The maximum absolute atomic E-state index is 12.2. The van der Waals surface area contributed by atoms with Gasteiger partial charge in [-0.15, -0.1) is 16.4 Å². The molecule has 0 saturated heterocycles. The van der Waals surface area contributed by atoms with Crippen LogP contribution in [0, 0.1) is 13.8 Å². The van der Waals surface area contributed by atoms with E-state index in [-0.39, 0.29) is 0 Å². The summed E-state index contributed by atoms with van der Waals surface area (Å²) in [6, 6.07) is 12.9. The molecule has 31 heavy (non-hydrogen) atoms. The summed E-state index contributed by atoms with van der Waals surface area (Å²) >= 11 is 7.41. The van der Waals surface area contributed by atoms with Crippen molar-refractivity contribution in [2.24, 2.45) is 0 Å². The average molecular weight is 454 g/mol. The zero-order valence-corrected chi connectivity index (χ0v) is 18.5. The van der Waals surface area contributed by atoms with Crippen molar-refractivity contribution in [3.8, 4) is 11.4 Å². The van der Waals surface area contributed by atoms with Gasteiger partial charge in [0.1, 0.15) is 0 Å². The highest BCUT2D eigenvalue weighted by Gasteiger charge is 2.16. The minimum atomic E-state index is -0.685. The van der Waals surface area contributed by atoms with Gasteiger partial charge in [-0.2, -0.15) is 4.98 Å². The maximum atomic E-state index is 12.2. The Labute approximate surface area is 188 Å². The van der Waals surface area contributed by atoms with Crippen LogP contribution in [0.1, 0.15) is 16.8 Å². The van der Waals surface area contributed by atoms with Crippen LogP contribution in [0.2, 0.25) is 5.02 Å². The fraction of sp³-hybridized carbons (Fsp3) is 0.182. The Bertz CT molecular complexity index is 1260. The molecule has 4 aromatic rings. The number of carbonyl (C=O) groups excluding carboxylic acids is 2. The van der Waals surface area contributed by atoms with Gasteiger partial charge in [-0.25, -0.2) is 4.52 Å². The van der Waals surface area contributed by atoms with E-state index >= 15 is 0 Å². The van der Waals surface area contributed by atoms with E-state index in [0.717, 1.165) is 27.3 Å². The monoisotopic (exact) mass is 453 g/mol. The number of benzene rings is 2. The quantitative estimate of drug-likeness (QED) is 0.446. The third-order valence-electron chi connectivity index (χ3n) is 4.98. The van der Waals surface area contributed by atoms with Gasteiger partial charge in [0.15, 0.2) is 5.82 Å². The number of hydrogen-bond acceptors (Lipinski definition) is 5. The van der Waals surface area contributed by atoms with Crippen LogP contribution in [-0.4, -0.2) is 33.0 Å². The number of amides is 2. The van der Waals surface area contributed by atoms with Crippen LogP contribution in [-0.2, 0) is 16.0 Å². The molecule has 0 unspecified atom stereocenters. The normalized spacial score (nSPS) is 10.9. The van der Waals surface area contributed by atoms with Gasteiger partial charge in [0, 0.05) is 34.6 Å². The van der Waals surface area contributed by atoms with Crippen LogP contribution in [0.25, 0.3) is 16.3 Å². The van der Waals surface area contributed by atoms with Crippen molar-refractivity contribution in [1.29, 1.82) is 0 Å². The van der Waals surface area contributed by atoms with Crippen LogP contribution >= 0.6 is 22.9 Å². The largest absolute Gasteiger partial charge is 0.347 e. The molecule has 9 heteroatoms. The summed E-state index contributed by atoms with van der Waals surface area (Å²) in [5.74, 6) is -0.746. The predicted molar refractivity (Wildman–Crippen MR) is 123 cm³/mol. The maximum Gasteiger partial charge on any atom is 0.313 e. The predicted octanol–water partition coefficient (Wildman–Crippen LogP) is 4.03. The molecule has 2 aromatic carbocycles. The molecular weight excluding hydrogens is 434 g/mol. The highest BCUT2D eigenvalue weighted by molar-refractivity contribution is 7.15. The number of nitrogens with zero attached hydrogens (tertiary/aromatic N) is 3. The van der Waals surface area contributed by atoms with Crippen molar-refractivity contribution in [1.82, 2.24) is 19.9 Å². The molecule has 2 aromatic heterocycles. The van der Waals surface area contributed by atoms with Crippen LogP contribution in [0.3, 0.4) is 0 Å². The average Bonchev–Trinajstić information content (AvgIpc) is 3.33. The van der Waals surface area contributed by atoms with Gasteiger partial charge < -0.3 is 10.6 Å².